The van der Waals surface area contributed by atoms with Crippen LogP contribution in [-0.4, -0.2) is 12.1 Å². The molecule has 0 radical (unpaired) electrons. The van der Waals surface area contributed by atoms with Gasteiger partial charge in [0.25, 0.3) is 0 Å². The van der Waals surface area contributed by atoms with Gasteiger partial charge in [-0.15, -0.1) is 0 Å². The van der Waals surface area contributed by atoms with E-state index in [-0.39, 0.29) is 12.1 Å². The maximum Gasteiger partial charge on any atom is 0.306 e. The maximum absolute atomic E-state index is 12.9. The van der Waals surface area contributed by atoms with Gasteiger partial charge in [-0.2, -0.15) is 0 Å². The van der Waals surface area contributed by atoms with Gasteiger partial charge in [-0.05, 0) is 136 Å². The first-order valence-corrected chi connectivity index (χ1v) is 29.2. The van der Waals surface area contributed by atoms with Crippen molar-refractivity contribution in [2.45, 2.75) is 285 Å². The molecule has 3 saturated carbocycles. The van der Waals surface area contributed by atoms with Gasteiger partial charge in [0.1, 0.15) is 6.10 Å². The third kappa shape index (κ3) is 20.3. The van der Waals surface area contributed by atoms with Gasteiger partial charge in [0.15, 0.2) is 0 Å². The van der Waals surface area contributed by atoms with Crippen molar-refractivity contribution >= 4 is 5.97 Å². The number of carbonyl (C=O) groups is 1. The molecule has 8 unspecified atom stereocenters. The normalized spacial score (nSPS) is 27.2. The van der Waals surface area contributed by atoms with Crippen LogP contribution < -0.4 is 0 Å². The van der Waals surface area contributed by atoms with Crippen LogP contribution in [0.4, 0.5) is 0 Å². The lowest BCUT2D eigenvalue weighted by Gasteiger charge is -2.58. The van der Waals surface area contributed by atoms with E-state index in [2.05, 4.69) is 96.2 Å². The van der Waals surface area contributed by atoms with Gasteiger partial charge < -0.3 is 4.74 Å². The third-order valence-electron chi connectivity index (χ3n) is 17.8. The minimum atomic E-state index is 0.0659. The van der Waals surface area contributed by atoms with E-state index in [1.165, 1.54) is 186 Å². The fourth-order valence-electron chi connectivity index (χ4n) is 13.8. The Morgan fingerprint density at radius 1 is 0.600 bits per heavy atom. The standard InChI is InChI=1S/C63H108O2/c1-7-8-9-10-11-12-13-14-15-16-17-18-19-20-21-22-23-24-25-26-27-28-29-30-31-32-33-34-35-36-37-38-39-43-61(64)65-56-48-50-62(5)55(52-56)44-45-57-59-47-46-58(54(4)42-40-41-53(2)3)63(59,6)51-49-60(57)62/h8-9,11-12,14-15,17-18,44,53-54,56-60H,7,10,13,16,19-43,45-52H2,1-6H3/b9-8-,12-11-,15-14-,18-17-. The van der Waals surface area contributed by atoms with E-state index < -0.39 is 0 Å². The molecule has 0 aromatic rings. The molecule has 0 amide bonds. The van der Waals surface area contributed by atoms with Crippen LogP contribution in [0.1, 0.15) is 279 Å². The van der Waals surface area contributed by atoms with Crippen LogP contribution in [0.5, 0.6) is 0 Å². The number of hydrogen-bond donors (Lipinski definition) is 0. The van der Waals surface area contributed by atoms with Crippen LogP contribution in [-0.2, 0) is 9.53 Å². The quantitative estimate of drug-likeness (QED) is 0.0356. The fraction of sp³-hybridized carbons (Fsp3) is 0.825. The zero-order valence-corrected chi connectivity index (χ0v) is 44.2. The van der Waals surface area contributed by atoms with Gasteiger partial charge in [-0.25, -0.2) is 0 Å². The van der Waals surface area contributed by atoms with Crippen molar-refractivity contribution in [2.75, 3.05) is 0 Å². The van der Waals surface area contributed by atoms with E-state index in [9.17, 15) is 4.79 Å². The molecule has 65 heavy (non-hydrogen) atoms. The molecule has 0 N–H and O–H groups in total. The van der Waals surface area contributed by atoms with E-state index in [1.54, 1.807) is 5.57 Å². The van der Waals surface area contributed by atoms with Gasteiger partial charge in [0, 0.05) is 12.8 Å². The zero-order chi connectivity index (χ0) is 46.4. The molecule has 3 fully saturated rings. The minimum absolute atomic E-state index is 0.0659. The molecule has 0 heterocycles. The highest BCUT2D eigenvalue weighted by Gasteiger charge is 2.59. The number of ether oxygens (including phenoxy) is 1. The summed E-state index contributed by atoms with van der Waals surface area (Å²) in [5.74, 6) is 5.32. The zero-order valence-electron chi connectivity index (χ0n) is 44.2. The first-order chi connectivity index (χ1) is 31.7. The average molecular weight is 898 g/mol. The number of fused-ring (bicyclic) bond motifs is 5. The molecule has 372 valence electrons. The average Bonchev–Trinajstić information content (AvgIpc) is 3.65. The number of allylic oxidation sites excluding steroid dienone is 9. The molecular weight excluding hydrogens is 789 g/mol. The van der Waals surface area contributed by atoms with Crippen molar-refractivity contribution in [3.63, 3.8) is 0 Å². The van der Waals surface area contributed by atoms with Gasteiger partial charge in [0.05, 0.1) is 0 Å². The van der Waals surface area contributed by atoms with Gasteiger partial charge in [0.2, 0.25) is 0 Å². The Morgan fingerprint density at radius 3 is 1.68 bits per heavy atom. The summed E-state index contributed by atoms with van der Waals surface area (Å²) in [7, 11) is 0. The summed E-state index contributed by atoms with van der Waals surface area (Å²) in [6, 6.07) is 0. The number of rotatable bonds is 36. The number of carbonyl (C=O) groups excluding carboxylic acids is 1. The second-order valence-electron chi connectivity index (χ2n) is 23.3. The van der Waals surface area contributed by atoms with Crippen molar-refractivity contribution in [1.82, 2.24) is 0 Å². The highest BCUT2D eigenvalue weighted by Crippen LogP contribution is 2.67. The summed E-state index contributed by atoms with van der Waals surface area (Å²) < 4.78 is 6.18. The summed E-state index contributed by atoms with van der Waals surface area (Å²) in [6.07, 6.45) is 69.3. The van der Waals surface area contributed by atoms with Crippen LogP contribution in [0.25, 0.3) is 0 Å². The molecule has 0 spiro atoms. The van der Waals surface area contributed by atoms with E-state index in [1.807, 2.05) is 0 Å². The Morgan fingerprint density at radius 2 is 1.12 bits per heavy atom. The predicted molar refractivity (Wildman–Crippen MR) is 285 cm³/mol. The molecular formula is C63H108O2. The van der Waals surface area contributed by atoms with Crippen LogP contribution in [0.2, 0.25) is 0 Å². The lowest BCUT2D eigenvalue weighted by molar-refractivity contribution is -0.151. The van der Waals surface area contributed by atoms with Gasteiger partial charge in [-0.3, -0.25) is 4.79 Å². The van der Waals surface area contributed by atoms with Crippen LogP contribution >= 0.6 is 0 Å². The summed E-state index contributed by atoms with van der Waals surface area (Å²) in [4.78, 5) is 12.9. The molecule has 8 atom stereocenters. The van der Waals surface area contributed by atoms with Crippen LogP contribution in [0, 0.1) is 46.3 Å². The largest absolute Gasteiger partial charge is 0.462 e. The highest BCUT2D eigenvalue weighted by molar-refractivity contribution is 5.69. The monoisotopic (exact) mass is 897 g/mol. The summed E-state index contributed by atoms with van der Waals surface area (Å²) >= 11 is 0. The summed E-state index contributed by atoms with van der Waals surface area (Å²) in [6.45, 7) is 14.9. The van der Waals surface area contributed by atoms with Crippen molar-refractivity contribution in [2.24, 2.45) is 46.3 Å². The van der Waals surface area contributed by atoms with Gasteiger partial charge in [-0.1, -0.05) is 237 Å². The van der Waals surface area contributed by atoms with E-state index in [0.29, 0.717) is 17.3 Å². The Kier molecular flexibility index (Phi) is 28.2. The highest BCUT2D eigenvalue weighted by atomic mass is 16.5. The molecule has 0 aromatic heterocycles. The Labute approximate surface area is 405 Å². The maximum atomic E-state index is 12.9. The third-order valence-corrected chi connectivity index (χ3v) is 17.8. The molecule has 4 rings (SSSR count). The SMILES string of the molecule is CC/C=C\C/C=C\C/C=C\C/C=C\CCCCCCCCCCCCCCCCCCCCCCC(=O)OC1CCC2(C)C(=CCC3C2CCC2(C)C(C(C)CCCC(C)C)CCC32)C1. The smallest absolute Gasteiger partial charge is 0.306 e. The summed E-state index contributed by atoms with van der Waals surface area (Å²) in [5, 5.41) is 0. The molecule has 0 aromatic carbocycles. The van der Waals surface area contributed by atoms with Crippen molar-refractivity contribution < 1.29 is 9.53 Å². The molecule has 4 aliphatic rings. The first-order valence-electron chi connectivity index (χ1n) is 29.2. The molecule has 4 aliphatic carbocycles. The topological polar surface area (TPSA) is 26.3 Å². The number of hydrogen-bond acceptors (Lipinski definition) is 2. The number of esters is 1. The molecule has 2 nitrogen and oxygen atoms in total. The van der Waals surface area contributed by atoms with Crippen molar-refractivity contribution in [3.05, 3.63) is 60.3 Å². The van der Waals surface area contributed by atoms with Crippen LogP contribution in [0.15, 0.2) is 60.3 Å². The van der Waals surface area contributed by atoms with Gasteiger partial charge >= 0.3 is 5.97 Å². The van der Waals surface area contributed by atoms with Crippen molar-refractivity contribution in [3.8, 4) is 0 Å². The minimum Gasteiger partial charge on any atom is -0.462 e. The Bertz CT molecular complexity index is 1390. The first kappa shape index (κ1) is 55.8. The fourth-order valence-corrected chi connectivity index (χ4v) is 13.8. The molecule has 0 aliphatic heterocycles. The Balaban J connectivity index is 0.895. The van der Waals surface area contributed by atoms with E-state index >= 15 is 0 Å². The lowest BCUT2D eigenvalue weighted by atomic mass is 9.47. The molecule has 0 bridgehead atoms. The summed E-state index contributed by atoms with van der Waals surface area (Å²) in [5.41, 5.74) is 2.53. The van der Waals surface area contributed by atoms with Crippen LogP contribution in [0.3, 0.4) is 0 Å². The van der Waals surface area contributed by atoms with E-state index in [4.69, 9.17) is 4.74 Å². The second kappa shape index (κ2) is 32.8. The second-order valence-corrected chi connectivity index (χ2v) is 23.3. The Hall–Kier alpha value is -1.83. The number of unbranched alkanes of at least 4 members (excludes halogenated alkanes) is 20. The molecule has 2 heteroatoms. The van der Waals surface area contributed by atoms with Crippen molar-refractivity contribution in [1.29, 1.82) is 0 Å². The van der Waals surface area contributed by atoms with E-state index in [0.717, 1.165) is 80.5 Å². The lowest BCUT2D eigenvalue weighted by Crippen LogP contribution is -2.51. The molecule has 0 saturated heterocycles. The predicted octanol–water partition coefficient (Wildman–Crippen LogP) is 20.3.